The maximum atomic E-state index is 12.7. The first-order valence-electron chi connectivity index (χ1n) is 7.25. The number of nitrogen functional groups attached to an aromatic ring is 1. The zero-order valence-electron chi connectivity index (χ0n) is 11.8. The first-order valence-corrected chi connectivity index (χ1v) is 8.07. The highest BCUT2D eigenvalue weighted by atomic mass is 32.1. The highest BCUT2D eigenvalue weighted by Gasteiger charge is 2.27. The average Bonchev–Trinajstić information content (AvgIpc) is 3.14. The van der Waals surface area contributed by atoms with Gasteiger partial charge in [-0.3, -0.25) is 4.79 Å². The van der Waals surface area contributed by atoms with Crippen LogP contribution in [-0.4, -0.2) is 23.9 Å². The van der Waals surface area contributed by atoms with E-state index >= 15 is 0 Å². The Hall–Kier alpha value is -1.55. The van der Waals surface area contributed by atoms with Crippen LogP contribution in [0.2, 0.25) is 0 Å². The quantitative estimate of drug-likeness (QED) is 0.852. The number of hydrogen-bond acceptors (Lipinski definition) is 3. The molecule has 1 heterocycles. The molecule has 1 aromatic heterocycles. The summed E-state index contributed by atoms with van der Waals surface area (Å²) < 4.78 is 1.13. The van der Waals surface area contributed by atoms with E-state index in [4.69, 9.17) is 5.73 Å². The van der Waals surface area contributed by atoms with Crippen molar-refractivity contribution in [1.82, 2.24) is 4.90 Å². The normalized spacial score (nSPS) is 14.7. The summed E-state index contributed by atoms with van der Waals surface area (Å²) in [6, 6.07) is 7.81. The van der Waals surface area contributed by atoms with E-state index in [1.807, 2.05) is 29.2 Å². The lowest BCUT2D eigenvalue weighted by molar-refractivity contribution is 0.0752. The van der Waals surface area contributed by atoms with Crippen molar-refractivity contribution in [3.05, 3.63) is 29.1 Å². The number of nitrogens with zero attached hydrogens (tertiary/aromatic N) is 1. The van der Waals surface area contributed by atoms with Crippen LogP contribution in [0.4, 0.5) is 5.69 Å². The van der Waals surface area contributed by atoms with Gasteiger partial charge in [-0.15, -0.1) is 11.3 Å². The maximum absolute atomic E-state index is 12.7. The molecule has 1 aliphatic carbocycles. The van der Waals surface area contributed by atoms with Gasteiger partial charge in [-0.1, -0.05) is 6.92 Å². The number of amides is 1. The van der Waals surface area contributed by atoms with E-state index < -0.39 is 0 Å². The summed E-state index contributed by atoms with van der Waals surface area (Å²) in [5, 5.41) is 1.07. The standard InChI is InChI=1S/C16H20N2OS/c1-2-7-18(10-11-3-4-11)16(19)15-9-12-8-13(17)5-6-14(12)20-15/h5-6,8-9,11H,2-4,7,10,17H2,1H3. The molecule has 0 spiro atoms. The van der Waals surface area contributed by atoms with Crippen LogP contribution in [0.15, 0.2) is 24.3 Å². The molecule has 0 unspecified atom stereocenters. The number of hydrogen-bond donors (Lipinski definition) is 1. The van der Waals surface area contributed by atoms with Gasteiger partial charge in [0.15, 0.2) is 0 Å². The fraction of sp³-hybridized carbons (Fsp3) is 0.438. The Morgan fingerprint density at radius 2 is 2.20 bits per heavy atom. The first kappa shape index (κ1) is 13.4. The molecule has 1 aromatic carbocycles. The Morgan fingerprint density at radius 3 is 2.90 bits per heavy atom. The predicted octanol–water partition coefficient (Wildman–Crippen LogP) is 3.75. The third-order valence-electron chi connectivity index (χ3n) is 3.71. The Kier molecular flexibility index (Phi) is 3.66. The third-order valence-corrected chi connectivity index (χ3v) is 4.81. The number of fused-ring (bicyclic) bond motifs is 1. The van der Waals surface area contributed by atoms with Crippen molar-refractivity contribution in [2.75, 3.05) is 18.8 Å². The van der Waals surface area contributed by atoms with Gasteiger partial charge in [0.2, 0.25) is 0 Å². The Morgan fingerprint density at radius 1 is 1.40 bits per heavy atom. The number of carbonyl (C=O) groups is 1. The summed E-state index contributed by atoms with van der Waals surface area (Å²) >= 11 is 1.57. The molecule has 0 atom stereocenters. The molecule has 1 aliphatic rings. The second kappa shape index (κ2) is 5.44. The number of nitrogens with two attached hydrogens (primary N) is 1. The van der Waals surface area contributed by atoms with Gasteiger partial charge < -0.3 is 10.6 Å². The zero-order valence-corrected chi connectivity index (χ0v) is 12.6. The lowest BCUT2D eigenvalue weighted by Gasteiger charge is -2.21. The highest BCUT2D eigenvalue weighted by Crippen LogP contribution is 2.32. The second-order valence-electron chi connectivity index (χ2n) is 5.60. The molecule has 0 aliphatic heterocycles. The number of benzene rings is 1. The average molecular weight is 288 g/mol. The smallest absolute Gasteiger partial charge is 0.263 e. The lowest BCUT2D eigenvalue weighted by Crippen LogP contribution is -2.33. The number of thiophene rings is 1. The van der Waals surface area contributed by atoms with Crippen molar-refractivity contribution in [3.63, 3.8) is 0 Å². The van der Waals surface area contributed by atoms with Gasteiger partial charge in [-0.2, -0.15) is 0 Å². The van der Waals surface area contributed by atoms with Crippen LogP contribution >= 0.6 is 11.3 Å². The molecule has 4 heteroatoms. The van der Waals surface area contributed by atoms with Crippen molar-refractivity contribution in [1.29, 1.82) is 0 Å². The topological polar surface area (TPSA) is 46.3 Å². The van der Waals surface area contributed by atoms with Gasteiger partial charge in [0.05, 0.1) is 4.88 Å². The molecule has 1 fully saturated rings. The van der Waals surface area contributed by atoms with Gasteiger partial charge >= 0.3 is 0 Å². The fourth-order valence-corrected chi connectivity index (χ4v) is 3.49. The molecule has 106 valence electrons. The summed E-state index contributed by atoms with van der Waals surface area (Å²) in [4.78, 5) is 15.5. The van der Waals surface area contributed by atoms with Gasteiger partial charge in [-0.05, 0) is 54.8 Å². The number of rotatable bonds is 5. The van der Waals surface area contributed by atoms with Crippen LogP contribution in [0.5, 0.6) is 0 Å². The van der Waals surface area contributed by atoms with Crippen LogP contribution < -0.4 is 5.73 Å². The minimum Gasteiger partial charge on any atom is -0.399 e. The molecule has 0 bridgehead atoms. The molecule has 1 saturated carbocycles. The molecule has 0 radical (unpaired) electrons. The van der Waals surface area contributed by atoms with Gasteiger partial charge in [-0.25, -0.2) is 0 Å². The Balaban J connectivity index is 1.85. The predicted molar refractivity (Wildman–Crippen MR) is 85.2 cm³/mol. The van der Waals surface area contributed by atoms with E-state index in [9.17, 15) is 4.79 Å². The number of anilines is 1. The van der Waals surface area contributed by atoms with Crippen LogP contribution in [0.25, 0.3) is 10.1 Å². The minimum atomic E-state index is 0.179. The van der Waals surface area contributed by atoms with E-state index in [1.54, 1.807) is 11.3 Å². The van der Waals surface area contributed by atoms with Gasteiger partial charge in [0.25, 0.3) is 5.91 Å². The molecule has 1 amide bonds. The Labute approximate surface area is 123 Å². The first-order chi connectivity index (χ1) is 9.67. The van der Waals surface area contributed by atoms with Crippen molar-refractivity contribution < 1.29 is 4.79 Å². The minimum absolute atomic E-state index is 0.179. The molecule has 20 heavy (non-hydrogen) atoms. The monoisotopic (exact) mass is 288 g/mol. The molecule has 2 aromatic rings. The SMILES string of the molecule is CCCN(CC1CC1)C(=O)c1cc2cc(N)ccc2s1. The zero-order chi connectivity index (χ0) is 14.1. The van der Waals surface area contributed by atoms with E-state index in [0.717, 1.165) is 46.1 Å². The molecular formula is C16H20N2OS. The van der Waals surface area contributed by atoms with E-state index in [0.29, 0.717) is 0 Å². The van der Waals surface area contributed by atoms with Crippen molar-refractivity contribution >= 4 is 33.0 Å². The molecule has 0 saturated heterocycles. The summed E-state index contributed by atoms with van der Waals surface area (Å²) in [6.07, 6.45) is 3.56. The summed E-state index contributed by atoms with van der Waals surface area (Å²) in [7, 11) is 0. The van der Waals surface area contributed by atoms with E-state index in [-0.39, 0.29) is 5.91 Å². The summed E-state index contributed by atoms with van der Waals surface area (Å²) in [5.74, 6) is 0.911. The lowest BCUT2D eigenvalue weighted by atomic mass is 10.2. The van der Waals surface area contributed by atoms with Crippen molar-refractivity contribution in [3.8, 4) is 0 Å². The maximum Gasteiger partial charge on any atom is 0.263 e. The molecular weight excluding hydrogens is 268 g/mol. The second-order valence-corrected chi connectivity index (χ2v) is 6.69. The third kappa shape index (κ3) is 2.80. The van der Waals surface area contributed by atoms with Crippen molar-refractivity contribution in [2.45, 2.75) is 26.2 Å². The molecule has 3 nitrogen and oxygen atoms in total. The summed E-state index contributed by atoms with van der Waals surface area (Å²) in [6.45, 7) is 3.90. The van der Waals surface area contributed by atoms with Crippen LogP contribution in [-0.2, 0) is 0 Å². The fourth-order valence-electron chi connectivity index (χ4n) is 2.48. The van der Waals surface area contributed by atoms with Crippen LogP contribution in [0.3, 0.4) is 0 Å². The van der Waals surface area contributed by atoms with Crippen LogP contribution in [0, 0.1) is 5.92 Å². The largest absolute Gasteiger partial charge is 0.399 e. The summed E-state index contributed by atoms with van der Waals surface area (Å²) in [5.41, 5.74) is 6.55. The van der Waals surface area contributed by atoms with Crippen molar-refractivity contribution in [2.24, 2.45) is 5.92 Å². The van der Waals surface area contributed by atoms with Gasteiger partial charge in [0, 0.05) is 23.5 Å². The molecule has 3 rings (SSSR count). The molecule has 2 N–H and O–H groups in total. The Bertz CT molecular complexity index is 630. The van der Waals surface area contributed by atoms with E-state index in [2.05, 4.69) is 6.92 Å². The van der Waals surface area contributed by atoms with Gasteiger partial charge in [0.1, 0.15) is 0 Å². The van der Waals surface area contributed by atoms with Crippen LogP contribution in [0.1, 0.15) is 35.9 Å². The van der Waals surface area contributed by atoms with E-state index in [1.165, 1.54) is 12.8 Å². The number of carbonyl (C=O) groups excluding carboxylic acids is 1. The highest BCUT2D eigenvalue weighted by molar-refractivity contribution is 7.20.